The van der Waals surface area contributed by atoms with Crippen molar-refractivity contribution in [3.63, 3.8) is 0 Å². The van der Waals surface area contributed by atoms with Gasteiger partial charge in [-0.05, 0) is 38.5 Å². The smallest absolute Gasteiger partial charge is 0.0769 e. The van der Waals surface area contributed by atoms with Gasteiger partial charge in [0.2, 0.25) is 0 Å². The molecule has 16 heavy (non-hydrogen) atoms. The van der Waals surface area contributed by atoms with Crippen LogP contribution >= 0.6 is 0 Å². The minimum Gasteiger partial charge on any atom is -0.389 e. The monoisotopic (exact) mass is 226 g/mol. The number of hydrogen-bond acceptors (Lipinski definition) is 3. The fraction of sp³-hybridized carbons (Fsp3) is 1.00. The number of rotatable bonds is 4. The molecule has 0 aliphatic carbocycles. The Bertz CT molecular complexity index is 226. The quantitative estimate of drug-likeness (QED) is 0.763. The molecule has 0 aromatic rings. The van der Waals surface area contributed by atoms with Gasteiger partial charge in [0.25, 0.3) is 0 Å². The number of fused-ring (bicyclic) bond motifs is 2. The van der Waals surface area contributed by atoms with E-state index >= 15 is 0 Å². The molecule has 3 heteroatoms. The lowest BCUT2D eigenvalue weighted by Crippen LogP contribution is -2.53. The summed E-state index contributed by atoms with van der Waals surface area (Å²) in [5.41, 5.74) is 5.57. The van der Waals surface area contributed by atoms with E-state index in [4.69, 9.17) is 5.73 Å². The Hall–Kier alpha value is -0.120. The van der Waals surface area contributed by atoms with Crippen molar-refractivity contribution in [2.24, 2.45) is 5.73 Å². The number of piperidine rings is 1. The van der Waals surface area contributed by atoms with E-state index in [0.29, 0.717) is 18.1 Å². The molecule has 2 aliphatic rings. The standard InChI is InChI=1S/C13H26N2O/c1-3-13(16,4-2)9-15-11-5-6-12(15)8-10(14)7-11/h10-12,16H,3-9,14H2,1-2H3. The highest BCUT2D eigenvalue weighted by Crippen LogP contribution is 2.36. The first-order valence-corrected chi connectivity index (χ1v) is 6.81. The van der Waals surface area contributed by atoms with Gasteiger partial charge in [-0.1, -0.05) is 13.8 Å². The zero-order valence-electron chi connectivity index (χ0n) is 10.7. The molecule has 0 saturated carbocycles. The zero-order chi connectivity index (χ0) is 11.8. The molecule has 3 nitrogen and oxygen atoms in total. The summed E-state index contributed by atoms with van der Waals surface area (Å²) < 4.78 is 0. The van der Waals surface area contributed by atoms with Crippen LogP contribution in [0.4, 0.5) is 0 Å². The van der Waals surface area contributed by atoms with Crippen LogP contribution in [0.5, 0.6) is 0 Å². The van der Waals surface area contributed by atoms with Crippen molar-refractivity contribution in [2.45, 2.75) is 76.1 Å². The molecular weight excluding hydrogens is 200 g/mol. The van der Waals surface area contributed by atoms with E-state index < -0.39 is 5.60 Å². The van der Waals surface area contributed by atoms with Crippen LogP contribution in [-0.2, 0) is 0 Å². The van der Waals surface area contributed by atoms with Gasteiger partial charge in [0.1, 0.15) is 0 Å². The summed E-state index contributed by atoms with van der Waals surface area (Å²) in [5.74, 6) is 0. The van der Waals surface area contributed by atoms with E-state index in [2.05, 4.69) is 18.7 Å². The van der Waals surface area contributed by atoms with E-state index in [0.717, 1.165) is 32.2 Å². The van der Waals surface area contributed by atoms with Crippen LogP contribution in [0.1, 0.15) is 52.4 Å². The lowest BCUT2D eigenvalue weighted by molar-refractivity contribution is -0.0276. The lowest BCUT2D eigenvalue weighted by atomic mass is 9.92. The Balaban J connectivity index is 2.01. The maximum absolute atomic E-state index is 10.4. The molecule has 2 bridgehead atoms. The first kappa shape index (κ1) is 12.3. The van der Waals surface area contributed by atoms with Gasteiger partial charge in [-0.15, -0.1) is 0 Å². The van der Waals surface area contributed by atoms with Gasteiger partial charge in [-0.2, -0.15) is 0 Å². The SMILES string of the molecule is CCC(O)(CC)CN1C2CCC1CC(N)C2. The van der Waals surface area contributed by atoms with E-state index in [1.807, 2.05) is 0 Å². The van der Waals surface area contributed by atoms with Gasteiger partial charge < -0.3 is 10.8 Å². The van der Waals surface area contributed by atoms with Crippen molar-refractivity contribution in [2.75, 3.05) is 6.54 Å². The normalized spacial score (nSPS) is 35.6. The van der Waals surface area contributed by atoms with Crippen molar-refractivity contribution in [1.29, 1.82) is 0 Å². The third kappa shape index (κ3) is 2.27. The minimum absolute atomic E-state index is 0.394. The molecule has 2 saturated heterocycles. The topological polar surface area (TPSA) is 49.5 Å². The van der Waals surface area contributed by atoms with Gasteiger partial charge in [-0.3, -0.25) is 4.90 Å². The molecule has 94 valence electrons. The number of nitrogens with two attached hydrogens (primary N) is 1. The van der Waals surface area contributed by atoms with Crippen LogP contribution in [0.25, 0.3) is 0 Å². The fourth-order valence-electron chi connectivity index (χ4n) is 3.39. The summed E-state index contributed by atoms with van der Waals surface area (Å²) in [6, 6.07) is 1.67. The van der Waals surface area contributed by atoms with E-state index in [1.165, 1.54) is 12.8 Å². The van der Waals surface area contributed by atoms with Crippen molar-refractivity contribution >= 4 is 0 Å². The highest BCUT2D eigenvalue weighted by molar-refractivity contribution is 4.98. The van der Waals surface area contributed by atoms with Crippen molar-refractivity contribution in [3.05, 3.63) is 0 Å². The van der Waals surface area contributed by atoms with Crippen molar-refractivity contribution in [1.82, 2.24) is 4.90 Å². The fourth-order valence-corrected chi connectivity index (χ4v) is 3.39. The second-order valence-electron chi connectivity index (χ2n) is 5.72. The Morgan fingerprint density at radius 1 is 1.19 bits per heavy atom. The summed E-state index contributed by atoms with van der Waals surface area (Å²) in [7, 11) is 0. The molecule has 2 aliphatic heterocycles. The highest BCUT2D eigenvalue weighted by atomic mass is 16.3. The van der Waals surface area contributed by atoms with Crippen LogP contribution < -0.4 is 5.73 Å². The Kier molecular flexibility index (Phi) is 3.57. The Morgan fingerprint density at radius 3 is 2.12 bits per heavy atom. The molecule has 0 radical (unpaired) electrons. The molecule has 0 spiro atoms. The second kappa shape index (κ2) is 4.63. The van der Waals surface area contributed by atoms with Gasteiger partial charge in [0, 0.05) is 24.7 Å². The molecule has 0 aromatic heterocycles. The van der Waals surface area contributed by atoms with Gasteiger partial charge >= 0.3 is 0 Å². The third-order valence-electron chi connectivity index (χ3n) is 4.71. The molecule has 2 unspecified atom stereocenters. The molecule has 2 rings (SSSR count). The van der Waals surface area contributed by atoms with E-state index in [9.17, 15) is 5.11 Å². The minimum atomic E-state index is -0.484. The maximum Gasteiger partial charge on any atom is 0.0769 e. The van der Waals surface area contributed by atoms with Crippen LogP contribution in [0.15, 0.2) is 0 Å². The van der Waals surface area contributed by atoms with Crippen LogP contribution in [0, 0.1) is 0 Å². The highest BCUT2D eigenvalue weighted by Gasteiger charge is 2.42. The third-order valence-corrected chi connectivity index (χ3v) is 4.71. The second-order valence-corrected chi connectivity index (χ2v) is 5.72. The van der Waals surface area contributed by atoms with Gasteiger partial charge in [0.05, 0.1) is 5.60 Å². The predicted molar refractivity (Wildman–Crippen MR) is 66.3 cm³/mol. The first-order valence-electron chi connectivity index (χ1n) is 6.81. The van der Waals surface area contributed by atoms with Crippen molar-refractivity contribution in [3.8, 4) is 0 Å². The molecule has 2 atom stereocenters. The van der Waals surface area contributed by atoms with E-state index in [1.54, 1.807) is 0 Å². The van der Waals surface area contributed by atoms with E-state index in [-0.39, 0.29) is 0 Å². The number of nitrogens with zero attached hydrogens (tertiary/aromatic N) is 1. The molecule has 2 fully saturated rings. The number of aliphatic hydroxyl groups is 1. The summed E-state index contributed by atoms with van der Waals surface area (Å²) in [4.78, 5) is 2.54. The van der Waals surface area contributed by atoms with Crippen LogP contribution in [-0.4, -0.2) is 40.3 Å². The van der Waals surface area contributed by atoms with Gasteiger partial charge in [-0.25, -0.2) is 0 Å². The maximum atomic E-state index is 10.4. The largest absolute Gasteiger partial charge is 0.389 e. The molecule has 0 aromatic carbocycles. The average Bonchev–Trinajstić information content (AvgIpc) is 2.52. The van der Waals surface area contributed by atoms with Crippen LogP contribution in [0.3, 0.4) is 0 Å². The molecule has 2 heterocycles. The first-order chi connectivity index (χ1) is 7.58. The summed E-state index contributed by atoms with van der Waals surface area (Å²) in [6.07, 6.45) is 6.51. The van der Waals surface area contributed by atoms with Crippen LogP contribution in [0.2, 0.25) is 0 Å². The zero-order valence-corrected chi connectivity index (χ0v) is 10.7. The Morgan fingerprint density at radius 2 is 1.69 bits per heavy atom. The van der Waals surface area contributed by atoms with Crippen molar-refractivity contribution < 1.29 is 5.11 Å². The number of hydrogen-bond donors (Lipinski definition) is 2. The average molecular weight is 226 g/mol. The summed E-state index contributed by atoms with van der Waals surface area (Å²) in [5, 5.41) is 10.4. The summed E-state index contributed by atoms with van der Waals surface area (Å²) in [6.45, 7) is 5.02. The summed E-state index contributed by atoms with van der Waals surface area (Å²) >= 11 is 0. The molecule has 3 N–H and O–H groups in total. The predicted octanol–water partition coefficient (Wildman–Crippen LogP) is 1.49. The van der Waals surface area contributed by atoms with Gasteiger partial charge in [0.15, 0.2) is 0 Å². The lowest BCUT2D eigenvalue weighted by Gasteiger charge is -2.42. The molecule has 0 amide bonds. The Labute approximate surface area is 99.0 Å². The molecular formula is C13H26N2O.